The van der Waals surface area contributed by atoms with Gasteiger partial charge in [0.05, 0.1) is 0 Å². The molecule has 2 rings (SSSR count). The van der Waals surface area contributed by atoms with E-state index in [4.69, 9.17) is 0 Å². The Morgan fingerprint density at radius 1 is 1.39 bits per heavy atom. The first-order valence-corrected chi connectivity index (χ1v) is 9.69. The molecule has 6 heteroatoms. The third kappa shape index (κ3) is 3.21. The van der Waals surface area contributed by atoms with Gasteiger partial charge in [-0.2, -0.15) is 11.8 Å². The zero-order chi connectivity index (χ0) is 13.2. The molecular weight excluding hydrogens is 270 g/mol. The van der Waals surface area contributed by atoms with Crippen LogP contribution in [0.4, 0.5) is 0 Å². The van der Waals surface area contributed by atoms with Crippen LogP contribution in [0.5, 0.6) is 0 Å². The monoisotopic (exact) mass is 293 g/mol. The van der Waals surface area contributed by atoms with Crippen LogP contribution in [0.2, 0.25) is 0 Å². The molecule has 2 fully saturated rings. The molecule has 1 saturated carbocycles. The van der Waals surface area contributed by atoms with Crippen LogP contribution < -0.4 is 0 Å². The summed E-state index contributed by atoms with van der Waals surface area (Å²) in [5.41, 5.74) is -0.0506. The Balaban J connectivity index is 2.10. The minimum Gasteiger partial charge on any atom is -0.396 e. The van der Waals surface area contributed by atoms with Gasteiger partial charge in [0.2, 0.25) is 0 Å². The number of sulfone groups is 1. The average molecular weight is 293 g/mol. The third-order valence-electron chi connectivity index (χ3n) is 4.22. The van der Waals surface area contributed by atoms with E-state index in [0.717, 1.165) is 44.5 Å². The smallest absolute Gasteiger partial charge is 0.164 e. The highest BCUT2D eigenvalue weighted by atomic mass is 32.2. The van der Waals surface area contributed by atoms with Crippen LogP contribution in [-0.4, -0.2) is 61.3 Å². The molecule has 1 saturated heterocycles. The predicted octanol–water partition coefficient (Wildman–Crippen LogP) is 0.959. The summed E-state index contributed by atoms with van der Waals surface area (Å²) in [7, 11) is -3.03. The molecule has 0 bridgehead atoms. The maximum atomic E-state index is 11.8. The number of hydrogen-bond donors (Lipinski definition) is 1. The Bertz CT molecular complexity index is 377. The molecule has 106 valence electrons. The Kier molecular flexibility index (Phi) is 4.62. The topological polar surface area (TPSA) is 57.6 Å². The summed E-state index contributed by atoms with van der Waals surface area (Å²) in [6.07, 6.45) is 5.71. The largest absolute Gasteiger partial charge is 0.396 e. The fourth-order valence-electron chi connectivity index (χ4n) is 3.11. The van der Waals surface area contributed by atoms with Gasteiger partial charge in [-0.15, -0.1) is 0 Å². The summed E-state index contributed by atoms with van der Waals surface area (Å²) >= 11 is 1.71. The molecule has 4 nitrogen and oxygen atoms in total. The van der Waals surface area contributed by atoms with Crippen molar-refractivity contribution in [2.24, 2.45) is 5.41 Å². The van der Waals surface area contributed by atoms with Crippen LogP contribution in [0.15, 0.2) is 0 Å². The van der Waals surface area contributed by atoms with E-state index in [-0.39, 0.29) is 17.4 Å². The maximum absolute atomic E-state index is 11.8. The van der Waals surface area contributed by atoms with Crippen LogP contribution >= 0.6 is 11.8 Å². The van der Waals surface area contributed by atoms with Crippen LogP contribution in [0.25, 0.3) is 0 Å². The zero-order valence-electron chi connectivity index (χ0n) is 11.0. The minimum atomic E-state index is -3.03. The lowest BCUT2D eigenvalue weighted by molar-refractivity contribution is 0.0766. The average Bonchev–Trinajstić information content (AvgIpc) is 2.78. The third-order valence-corrected chi connectivity index (χ3v) is 6.91. The maximum Gasteiger partial charge on any atom is 0.164 e. The molecule has 1 atom stereocenters. The van der Waals surface area contributed by atoms with Crippen LogP contribution in [0.3, 0.4) is 0 Å². The van der Waals surface area contributed by atoms with E-state index < -0.39 is 9.84 Å². The summed E-state index contributed by atoms with van der Waals surface area (Å²) in [6.45, 7) is 1.75. The van der Waals surface area contributed by atoms with E-state index in [0.29, 0.717) is 5.75 Å². The standard InChI is InChI=1S/C12H23NO3S2/c1-18(15,16)11-8-17-7-6-13(11)9-12(10-14)4-2-3-5-12/h11,14H,2-10H2,1H3. The van der Waals surface area contributed by atoms with Gasteiger partial charge in [-0.25, -0.2) is 8.42 Å². The van der Waals surface area contributed by atoms with Crippen molar-refractivity contribution < 1.29 is 13.5 Å². The lowest BCUT2D eigenvalue weighted by Crippen LogP contribution is -2.51. The van der Waals surface area contributed by atoms with Crippen molar-refractivity contribution in [3.05, 3.63) is 0 Å². The molecule has 0 aromatic heterocycles. The Morgan fingerprint density at radius 2 is 2.06 bits per heavy atom. The molecule has 0 radical (unpaired) electrons. The molecule has 0 aromatic carbocycles. The van der Waals surface area contributed by atoms with Gasteiger partial charge in [-0.1, -0.05) is 12.8 Å². The second kappa shape index (κ2) is 5.69. The second-order valence-corrected chi connectivity index (χ2v) is 9.05. The lowest BCUT2D eigenvalue weighted by atomic mass is 9.86. The van der Waals surface area contributed by atoms with Crippen LogP contribution in [-0.2, 0) is 9.84 Å². The fourth-order valence-corrected chi connectivity index (χ4v) is 6.05. The molecule has 1 heterocycles. The van der Waals surface area contributed by atoms with Crippen molar-refractivity contribution in [1.82, 2.24) is 4.90 Å². The van der Waals surface area contributed by atoms with Crippen LogP contribution in [0.1, 0.15) is 25.7 Å². The molecule has 0 amide bonds. The quantitative estimate of drug-likeness (QED) is 0.836. The van der Waals surface area contributed by atoms with E-state index in [1.54, 1.807) is 11.8 Å². The molecule has 1 aliphatic carbocycles. The van der Waals surface area contributed by atoms with E-state index in [1.165, 1.54) is 6.26 Å². The van der Waals surface area contributed by atoms with Gasteiger partial charge in [0.25, 0.3) is 0 Å². The number of aliphatic hydroxyl groups is 1. The van der Waals surface area contributed by atoms with Gasteiger partial charge < -0.3 is 5.11 Å². The fraction of sp³-hybridized carbons (Fsp3) is 1.00. The first-order valence-electron chi connectivity index (χ1n) is 6.58. The zero-order valence-corrected chi connectivity index (χ0v) is 12.6. The molecular formula is C12H23NO3S2. The van der Waals surface area contributed by atoms with Gasteiger partial charge in [0, 0.05) is 42.9 Å². The molecule has 1 unspecified atom stereocenters. The molecule has 2 aliphatic rings. The van der Waals surface area contributed by atoms with E-state index in [9.17, 15) is 13.5 Å². The molecule has 0 aromatic rings. The van der Waals surface area contributed by atoms with E-state index in [1.807, 2.05) is 0 Å². The van der Waals surface area contributed by atoms with E-state index >= 15 is 0 Å². The van der Waals surface area contributed by atoms with Crippen molar-refractivity contribution in [3.8, 4) is 0 Å². The highest BCUT2D eigenvalue weighted by molar-refractivity contribution is 8.00. The number of hydrogen-bond acceptors (Lipinski definition) is 5. The number of aliphatic hydroxyl groups excluding tert-OH is 1. The summed E-state index contributed by atoms with van der Waals surface area (Å²) in [4.78, 5) is 2.09. The summed E-state index contributed by atoms with van der Waals surface area (Å²) in [5, 5.41) is 9.29. The first kappa shape index (κ1) is 14.6. The Hall–Kier alpha value is 0.220. The summed E-state index contributed by atoms with van der Waals surface area (Å²) in [6, 6.07) is 0. The molecule has 1 N–H and O–H groups in total. The van der Waals surface area contributed by atoms with Crippen molar-refractivity contribution in [2.45, 2.75) is 31.1 Å². The number of thioether (sulfide) groups is 1. The van der Waals surface area contributed by atoms with Gasteiger partial charge in [0.15, 0.2) is 9.84 Å². The van der Waals surface area contributed by atoms with Gasteiger partial charge in [-0.05, 0) is 12.8 Å². The Morgan fingerprint density at radius 3 is 2.61 bits per heavy atom. The number of nitrogens with zero attached hydrogens (tertiary/aromatic N) is 1. The predicted molar refractivity (Wildman–Crippen MR) is 75.5 cm³/mol. The SMILES string of the molecule is CS(=O)(=O)C1CSCCN1CC1(CO)CCCC1. The van der Waals surface area contributed by atoms with Gasteiger partial charge in [-0.3, -0.25) is 4.90 Å². The van der Waals surface area contributed by atoms with Crippen molar-refractivity contribution in [3.63, 3.8) is 0 Å². The second-order valence-electron chi connectivity index (χ2n) is 5.69. The van der Waals surface area contributed by atoms with Gasteiger partial charge >= 0.3 is 0 Å². The van der Waals surface area contributed by atoms with Crippen LogP contribution in [0, 0.1) is 5.41 Å². The molecule has 0 spiro atoms. The van der Waals surface area contributed by atoms with Crippen molar-refractivity contribution in [1.29, 1.82) is 0 Å². The number of rotatable bonds is 4. The van der Waals surface area contributed by atoms with Crippen molar-refractivity contribution >= 4 is 21.6 Å². The summed E-state index contributed by atoms with van der Waals surface area (Å²) in [5.74, 6) is 1.66. The summed E-state index contributed by atoms with van der Waals surface area (Å²) < 4.78 is 23.7. The van der Waals surface area contributed by atoms with Crippen molar-refractivity contribution in [2.75, 3.05) is 37.5 Å². The molecule has 18 heavy (non-hydrogen) atoms. The highest BCUT2D eigenvalue weighted by Gasteiger charge is 2.39. The molecule has 1 aliphatic heterocycles. The Labute approximate surface area is 114 Å². The van der Waals surface area contributed by atoms with Gasteiger partial charge in [0.1, 0.15) is 5.37 Å². The highest BCUT2D eigenvalue weighted by Crippen LogP contribution is 2.39. The van der Waals surface area contributed by atoms with E-state index in [2.05, 4.69) is 4.90 Å². The lowest BCUT2D eigenvalue weighted by Gasteiger charge is -2.40. The normalized spacial score (nSPS) is 29.6. The minimum absolute atomic E-state index is 0.0506. The first-order chi connectivity index (χ1) is 8.47.